The third-order valence-electron chi connectivity index (χ3n) is 3.28. The summed E-state index contributed by atoms with van der Waals surface area (Å²) in [4.78, 5) is 18.3. The van der Waals surface area contributed by atoms with E-state index in [0.717, 1.165) is 18.2 Å². The van der Waals surface area contributed by atoms with Crippen LogP contribution < -0.4 is 4.90 Å². The number of aromatic carboxylic acids is 1. The summed E-state index contributed by atoms with van der Waals surface area (Å²) in [6.07, 6.45) is 0.962. The fourth-order valence-corrected chi connectivity index (χ4v) is 3.25. The SMILES string of the molecule is CN(c1nc(C(C)(C)C)c(C(=O)O)s1)C1CCOC1. The van der Waals surface area contributed by atoms with Gasteiger partial charge in [-0.15, -0.1) is 0 Å². The van der Waals surface area contributed by atoms with E-state index in [2.05, 4.69) is 4.98 Å². The molecule has 0 aromatic carbocycles. The number of rotatable bonds is 3. The number of likely N-dealkylation sites (N-methyl/N-ethyl adjacent to an activating group) is 1. The third kappa shape index (κ3) is 2.90. The second-order valence-corrected chi connectivity index (χ2v) is 6.84. The van der Waals surface area contributed by atoms with Gasteiger partial charge < -0.3 is 14.7 Å². The van der Waals surface area contributed by atoms with Gasteiger partial charge in [0.25, 0.3) is 0 Å². The molecular weight excluding hydrogens is 264 g/mol. The molecule has 0 radical (unpaired) electrons. The quantitative estimate of drug-likeness (QED) is 0.923. The van der Waals surface area contributed by atoms with Crippen molar-refractivity contribution in [2.75, 3.05) is 25.2 Å². The molecule has 2 heterocycles. The van der Waals surface area contributed by atoms with E-state index in [9.17, 15) is 9.90 Å². The number of thiazole rings is 1. The van der Waals surface area contributed by atoms with E-state index in [-0.39, 0.29) is 5.41 Å². The number of ether oxygens (including phenoxy) is 1. The van der Waals surface area contributed by atoms with E-state index in [1.54, 1.807) is 0 Å². The van der Waals surface area contributed by atoms with Crippen LogP contribution in [0.4, 0.5) is 5.13 Å². The number of carboxylic acid groups (broad SMARTS) is 1. The first-order valence-corrected chi connectivity index (χ1v) is 7.17. The minimum Gasteiger partial charge on any atom is -0.477 e. The van der Waals surface area contributed by atoms with Crippen molar-refractivity contribution < 1.29 is 14.6 Å². The van der Waals surface area contributed by atoms with Crippen molar-refractivity contribution >= 4 is 22.4 Å². The molecule has 19 heavy (non-hydrogen) atoms. The highest BCUT2D eigenvalue weighted by molar-refractivity contribution is 7.17. The minimum absolute atomic E-state index is 0.268. The molecule has 6 heteroatoms. The summed E-state index contributed by atoms with van der Waals surface area (Å²) in [5.41, 5.74) is 0.390. The fourth-order valence-electron chi connectivity index (χ4n) is 2.10. The Kier molecular flexibility index (Phi) is 3.82. The molecule has 0 aliphatic carbocycles. The molecule has 2 rings (SSSR count). The highest BCUT2D eigenvalue weighted by atomic mass is 32.1. The van der Waals surface area contributed by atoms with E-state index >= 15 is 0 Å². The number of aromatic nitrogens is 1. The van der Waals surface area contributed by atoms with Gasteiger partial charge in [-0.25, -0.2) is 9.78 Å². The van der Waals surface area contributed by atoms with Crippen LogP contribution >= 0.6 is 11.3 Å². The van der Waals surface area contributed by atoms with E-state index in [4.69, 9.17) is 4.74 Å². The topological polar surface area (TPSA) is 62.7 Å². The molecule has 0 bridgehead atoms. The van der Waals surface area contributed by atoms with Gasteiger partial charge in [0, 0.05) is 19.1 Å². The summed E-state index contributed by atoms with van der Waals surface area (Å²) >= 11 is 1.25. The van der Waals surface area contributed by atoms with Gasteiger partial charge in [0.2, 0.25) is 0 Å². The number of carboxylic acids is 1. The number of hydrogen-bond donors (Lipinski definition) is 1. The van der Waals surface area contributed by atoms with Crippen molar-refractivity contribution in [1.29, 1.82) is 0 Å². The Bertz CT molecular complexity index is 473. The average molecular weight is 284 g/mol. The van der Waals surface area contributed by atoms with Crippen molar-refractivity contribution in [3.8, 4) is 0 Å². The van der Waals surface area contributed by atoms with Gasteiger partial charge in [0.1, 0.15) is 4.88 Å². The summed E-state index contributed by atoms with van der Waals surface area (Å²) in [6, 6.07) is 0.292. The molecule has 0 saturated carbocycles. The molecule has 0 amide bonds. The number of hydrogen-bond acceptors (Lipinski definition) is 5. The normalized spacial score (nSPS) is 19.7. The van der Waals surface area contributed by atoms with Crippen molar-refractivity contribution in [1.82, 2.24) is 4.98 Å². The molecular formula is C13H20N2O3S. The smallest absolute Gasteiger partial charge is 0.347 e. The largest absolute Gasteiger partial charge is 0.477 e. The van der Waals surface area contributed by atoms with Gasteiger partial charge in [-0.3, -0.25) is 0 Å². The lowest BCUT2D eigenvalue weighted by molar-refractivity contribution is 0.0699. The zero-order valence-corrected chi connectivity index (χ0v) is 12.6. The highest BCUT2D eigenvalue weighted by Crippen LogP contribution is 2.34. The van der Waals surface area contributed by atoms with Crippen molar-refractivity contribution in [2.45, 2.75) is 38.6 Å². The molecule has 1 aliphatic heterocycles. The van der Waals surface area contributed by atoms with Gasteiger partial charge in [-0.05, 0) is 6.42 Å². The van der Waals surface area contributed by atoms with Crippen LogP contribution in [0.2, 0.25) is 0 Å². The molecule has 1 atom stereocenters. The number of nitrogens with zero attached hydrogens (tertiary/aromatic N) is 2. The van der Waals surface area contributed by atoms with E-state index in [1.165, 1.54) is 11.3 Å². The Morgan fingerprint density at radius 1 is 1.53 bits per heavy atom. The fraction of sp³-hybridized carbons (Fsp3) is 0.692. The van der Waals surface area contributed by atoms with Crippen LogP contribution in [-0.2, 0) is 10.2 Å². The van der Waals surface area contributed by atoms with Crippen molar-refractivity contribution in [2.24, 2.45) is 0 Å². The Morgan fingerprint density at radius 3 is 2.63 bits per heavy atom. The first-order chi connectivity index (χ1) is 8.80. The van der Waals surface area contributed by atoms with Crippen LogP contribution in [0, 0.1) is 0 Å². The average Bonchev–Trinajstić information content (AvgIpc) is 2.96. The maximum Gasteiger partial charge on any atom is 0.347 e. The summed E-state index contributed by atoms with van der Waals surface area (Å²) < 4.78 is 5.37. The van der Waals surface area contributed by atoms with Crippen LogP contribution in [0.15, 0.2) is 0 Å². The number of carbonyl (C=O) groups is 1. The van der Waals surface area contributed by atoms with Crippen LogP contribution in [0.25, 0.3) is 0 Å². The first kappa shape index (κ1) is 14.3. The summed E-state index contributed by atoms with van der Waals surface area (Å²) in [6.45, 7) is 7.40. The lowest BCUT2D eigenvalue weighted by Gasteiger charge is -2.22. The molecule has 1 saturated heterocycles. The molecule has 1 aromatic rings. The second kappa shape index (κ2) is 5.09. The lowest BCUT2D eigenvalue weighted by Crippen LogP contribution is -2.31. The Morgan fingerprint density at radius 2 is 2.21 bits per heavy atom. The summed E-state index contributed by atoms with van der Waals surface area (Å²) in [5, 5.41) is 10.1. The zero-order chi connectivity index (χ0) is 14.2. The third-order valence-corrected chi connectivity index (χ3v) is 4.41. The Hall–Kier alpha value is -1.14. The van der Waals surface area contributed by atoms with Gasteiger partial charge >= 0.3 is 5.97 Å². The zero-order valence-electron chi connectivity index (χ0n) is 11.8. The molecule has 1 fully saturated rings. The van der Waals surface area contributed by atoms with Gasteiger partial charge in [0.15, 0.2) is 5.13 Å². The minimum atomic E-state index is -0.898. The van der Waals surface area contributed by atoms with Crippen molar-refractivity contribution in [3.05, 3.63) is 10.6 Å². The van der Waals surface area contributed by atoms with Gasteiger partial charge in [-0.2, -0.15) is 0 Å². The lowest BCUT2D eigenvalue weighted by atomic mass is 9.91. The summed E-state index contributed by atoms with van der Waals surface area (Å²) in [7, 11) is 1.95. The Balaban J connectivity index is 2.34. The molecule has 0 spiro atoms. The molecule has 1 N–H and O–H groups in total. The van der Waals surface area contributed by atoms with Gasteiger partial charge in [-0.1, -0.05) is 32.1 Å². The van der Waals surface area contributed by atoms with Crippen LogP contribution in [-0.4, -0.2) is 42.4 Å². The molecule has 1 unspecified atom stereocenters. The molecule has 1 aromatic heterocycles. The van der Waals surface area contributed by atoms with Crippen LogP contribution in [0.3, 0.4) is 0 Å². The monoisotopic (exact) mass is 284 g/mol. The van der Waals surface area contributed by atoms with Crippen molar-refractivity contribution in [3.63, 3.8) is 0 Å². The van der Waals surface area contributed by atoms with Crippen LogP contribution in [0.1, 0.15) is 42.6 Å². The standard InChI is InChI=1S/C13H20N2O3S/c1-13(2,3)10-9(11(16)17)19-12(14-10)15(4)8-5-6-18-7-8/h8H,5-7H2,1-4H3,(H,16,17). The molecule has 5 nitrogen and oxygen atoms in total. The second-order valence-electron chi connectivity index (χ2n) is 5.86. The maximum absolute atomic E-state index is 11.4. The van der Waals surface area contributed by atoms with E-state index < -0.39 is 5.97 Å². The molecule has 1 aliphatic rings. The predicted molar refractivity (Wildman–Crippen MR) is 75.4 cm³/mol. The highest BCUT2D eigenvalue weighted by Gasteiger charge is 2.30. The van der Waals surface area contributed by atoms with E-state index in [0.29, 0.717) is 23.2 Å². The maximum atomic E-state index is 11.4. The number of anilines is 1. The molecule has 106 valence electrons. The van der Waals surface area contributed by atoms with Gasteiger partial charge in [0.05, 0.1) is 18.3 Å². The van der Waals surface area contributed by atoms with Crippen LogP contribution in [0.5, 0.6) is 0 Å². The predicted octanol–water partition coefficient (Wildman–Crippen LogP) is 2.36. The first-order valence-electron chi connectivity index (χ1n) is 6.36. The summed E-state index contributed by atoms with van der Waals surface area (Å²) in [5.74, 6) is -0.898. The Labute approximate surface area is 117 Å². The van der Waals surface area contributed by atoms with E-state index in [1.807, 2.05) is 32.7 Å².